The lowest BCUT2D eigenvalue weighted by Crippen LogP contribution is -2.32. The molecule has 0 spiro atoms. The molecule has 1 N–H and O–H groups in total. The van der Waals surface area contributed by atoms with Gasteiger partial charge in [-0.2, -0.15) is 5.10 Å². The molecule has 0 saturated carbocycles. The molecule has 1 aromatic carbocycles. The summed E-state index contributed by atoms with van der Waals surface area (Å²) in [5.41, 5.74) is 3.61. The molecule has 0 amide bonds. The fourth-order valence-corrected chi connectivity index (χ4v) is 3.50. The van der Waals surface area contributed by atoms with Crippen LogP contribution in [0.2, 0.25) is 0 Å². The maximum atomic E-state index is 5.69. The number of ether oxygens (including phenoxy) is 2. The highest BCUT2D eigenvalue weighted by Gasteiger charge is 2.17. The summed E-state index contributed by atoms with van der Waals surface area (Å²) in [6, 6.07) is 8.10. The quantitative estimate of drug-likeness (QED) is 0.409. The minimum atomic E-state index is -0.317. The zero-order chi connectivity index (χ0) is 23.4. The number of methoxy groups -OCH3 is 2. The van der Waals surface area contributed by atoms with E-state index in [9.17, 15) is 0 Å². The molecule has 4 aromatic rings. The van der Waals surface area contributed by atoms with E-state index in [1.807, 2.05) is 49.3 Å². The van der Waals surface area contributed by atoms with Crippen molar-refractivity contribution in [3.8, 4) is 16.9 Å². The molecule has 0 atom stereocenters. The summed E-state index contributed by atoms with van der Waals surface area (Å²) in [5.74, 6) is 2.22. The van der Waals surface area contributed by atoms with Gasteiger partial charge >= 0.3 is 0 Å². The Balaban J connectivity index is 1.61. The van der Waals surface area contributed by atoms with Crippen LogP contribution in [0.3, 0.4) is 0 Å². The molecule has 3 heterocycles. The number of rotatable bonds is 9. The van der Waals surface area contributed by atoms with Crippen molar-refractivity contribution in [3.63, 3.8) is 0 Å². The first-order valence-corrected chi connectivity index (χ1v) is 11.0. The van der Waals surface area contributed by atoms with E-state index in [0.29, 0.717) is 18.8 Å². The van der Waals surface area contributed by atoms with E-state index in [0.717, 1.165) is 45.7 Å². The Hall–Kier alpha value is -3.52. The van der Waals surface area contributed by atoms with E-state index in [1.54, 1.807) is 20.4 Å². The molecule has 0 saturated heterocycles. The molecule has 0 unspecified atom stereocenters. The predicted molar refractivity (Wildman–Crippen MR) is 130 cm³/mol. The van der Waals surface area contributed by atoms with E-state index in [-0.39, 0.29) is 5.60 Å². The highest BCUT2D eigenvalue weighted by molar-refractivity contribution is 5.87. The highest BCUT2D eigenvalue weighted by atomic mass is 16.5. The van der Waals surface area contributed by atoms with Gasteiger partial charge in [-0.1, -0.05) is 12.1 Å². The molecule has 172 valence electrons. The maximum Gasteiger partial charge on any atom is 0.152 e. The normalized spacial score (nSPS) is 11.7. The van der Waals surface area contributed by atoms with E-state index in [1.165, 1.54) is 0 Å². The summed E-state index contributed by atoms with van der Waals surface area (Å²) in [7, 11) is 3.38. The molecule has 33 heavy (non-hydrogen) atoms. The number of nitrogens with zero attached hydrogens (tertiary/aromatic N) is 5. The molecular formula is C25H30N6O2. The van der Waals surface area contributed by atoms with Gasteiger partial charge in [-0.25, -0.2) is 15.0 Å². The number of hydrogen-bond donors (Lipinski definition) is 1. The first-order valence-electron chi connectivity index (χ1n) is 11.0. The molecule has 0 aliphatic rings. The van der Waals surface area contributed by atoms with Gasteiger partial charge in [-0.15, -0.1) is 0 Å². The summed E-state index contributed by atoms with van der Waals surface area (Å²) in [6.45, 7) is 7.56. The maximum absolute atomic E-state index is 5.69. The standard InChI is InChI=1S/C25H30N6O2/c1-6-31-15-20(14-29-31)17-7-8-18(21(11-17)32-4)12-22-27-13-19-9-10-26-24(23(19)30-22)28-16-25(2,3)33-5/h7-11,13-15H,6,12,16H2,1-5H3,(H,26,28). The number of aromatic nitrogens is 5. The van der Waals surface area contributed by atoms with Gasteiger partial charge in [-0.3, -0.25) is 4.68 Å². The number of benzene rings is 1. The third kappa shape index (κ3) is 5.12. The molecule has 0 bridgehead atoms. The van der Waals surface area contributed by atoms with Crippen LogP contribution in [-0.4, -0.2) is 51.1 Å². The minimum Gasteiger partial charge on any atom is -0.496 e. The number of nitrogens with one attached hydrogen (secondary N) is 1. The first-order chi connectivity index (χ1) is 15.9. The zero-order valence-electron chi connectivity index (χ0n) is 19.8. The lowest BCUT2D eigenvalue weighted by Gasteiger charge is -2.23. The number of anilines is 1. The largest absolute Gasteiger partial charge is 0.496 e. The van der Waals surface area contributed by atoms with Crippen molar-refractivity contribution in [1.29, 1.82) is 0 Å². The van der Waals surface area contributed by atoms with E-state index >= 15 is 0 Å². The van der Waals surface area contributed by atoms with E-state index < -0.39 is 0 Å². The van der Waals surface area contributed by atoms with Gasteiger partial charge in [0.15, 0.2) is 5.82 Å². The Bertz CT molecular complexity index is 1250. The van der Waals surface area contributed by atoms with Gasteiger partial charge in [0.2, 0.25) is 0 Å². The number of pyridine rings is 1. The van der Waals surface area contributed by atoms with Crippen LogP contribution in [0.5, 0.6) is 5.75 Å². The Kier molecular flexibility index (Phi) is 6.55. The third-order valence-electron chi connectivity index (χ3n) is 5.71. The van der Waals surface area contributed by atoms with Crippen molar-refractivity contribution in [2.45, 2.75) is 39.3 Å². The average Bonchev–Trinajstić information content (AvgIpc) is 3.32. The Morgan fingerprint density at radius 1 is 1.06 bits per heavy atom. The fourth-order valence-electron chi connectivity index (χ4n) is 3.50. The molecule has 3 aromatic heterocycles. The van der Waals surface area contributed by atoms with Crippen molar-refractivity contribution >= 4 is 16.7 Å². The van der Waals surface area contributed by atoms with Gasteiger partial charge in [0.05, 0.1) is 18.9 Å². The third-order valence-corrected chi connectivity index (χ3v) is 5.71. The Morgan fingerprint density at radius 2 is 1.91 bits per heavy atom. The number of fused-ring (bicyclic) bond motifs is 1. The molecule has 8 heteroatoms. The Morgan fingerprint density at radius 3 is 2.64 bits per heavy atom. The second-order valence-corrected chi connectivity index (χ2v) is 8.49. The summed E-state index contributed by atoms with van der Waals surface area (Å²) in [5, 5.41) is 8.66. The van der Waals surface area contributed by atoms with Gasteiger partial charge in [0, 0.05) is 61.7 Å². The number of hydrogen-bond acceptors (Lipinski definition) is 7. The summed E-state index contributed by atoms with van der Waals surface area (Å²) >= 11 is 0. The number of aryl methyl sites for hydroxylation is 1. The van der Waals surface area contributed by atoms with Gasteiger partial charge in [-0.05, 0) is 38.5 Å². The molecule has 0 fully saturated rings. The monoisotopic (exact) mass is 446 g/mol. The van der Waals surface area contributed by atoms with Crippen LogP contribution in [0.15, 0.2) is 49.1 Å². The van der Waals surface area contributed by atoms with Crippen LogP contribution in [0.1, 0.15) is 32.2 Å². The van der Waals surface area contributed by atoms with Crippen molar-refractivity contribution < 1.29 is 9.47 Å². The lowest BCUT2D eigenvalue weighted by molar-refractivity contribution is 0.0343. The van der Waals surface area contributed by atoms with Crippen LogP contribution >= 0.6 is 0 Å². The Labute approximate surface area is 194 Å². The van der Waals surface area contributed by atoms with Crippen LogP contribution in [0, 0.1) is 0 Å². The first kappa shape index (κ1) is 22.7. The van der Waals surface area contributed by atoms with Gasteiger partial charge in [0.1, 0.15) is 17.1 Å². The fraction of sp³-hybridized carbons (Fsp3) is 0.360. The SMILES string of the molecule is CCn1cc(-c2ccc(Cc3ncc4ccnc(NCC(C)(C)OC)c4n3)c(OC)c2)cn1. The second kappa shape index (κ2) is 9.54. The van der Waals surface area contributed by atoms with Crippen molar-refractivity contribution in [3.05, 3.63) is 60.4 Å². The van der Waals surface area contributed by atoms with Crippen molar-refractivity contribution in [1.82, 2.24) is 24.7 Å². The lowest BCUT2D eigenvalue weighted by atomic mass is 10.0. The molecule has 0 aliphatic carbocycles. The van der Waals surface area contributed by atoms with Crippen LogP contribution < -0.4 is 10.1 Å². The second-order valence-electron chi connectivity index (χ2n) is 8.49. The highest BCUT2D eigenvalue weighted by Crippen LogP contribution is 2.29. The smallest absolute Gasteiger partial charge is 0.152 e. The molecule has 0 aliphatic heterocycles. The van der Waals surface area contributed by atoms with Gasteiger partial charge < -0.3 is 14.8 Å². The van der Waals surface area contributed by atoms with Crippen LogP contribution in [-0.2, 0) is 17.7 Å². The summed E-state index contributed by atoms with van der Waals surface area (Å²) < 4.78 is 13.1. The average molecular weight is 447 g/mol. The van der Waals surface area contributed by atoms with E-state index in [4.69, 9.17) is 14.5 Å². The summed E-state index contributed by atoms with van der Waals surface area (Å²) in [6.07, 6.45) is 8.05. The topological polar surface area (TPSA) is 87.0 Å². The van der Waals surface area contributed by atoms with Crippen molar-refractivity contribution in [2.24, 2.45) is 0 Å². The van der Waals surface area contributed by atoms with E-state index in [2.05, 4.69) is 39.4 Å². The molecule has 4 rings (SSSR count). The predicted octanol–water partition coefficient (Wildman–Crippen LogP) is 4.34. The molecule has 0 radical (unpaired) electrons. The van der Waals surface area contributed by atoms with Crippen LogP contribution in [0.4, 0.5) is 5.82 Å². The summed E-state index contributed by atoms with van der Waals surface area (Å²) in [4.78, 5) is 13.9. The van der Waals surface area contributed by atoms with Gasteiger partial charge in [0.25, 0.3) is 0 Å². The molecular weight excluding hydrogens is 416 g/mol. The zero-order valence-corrected chi connectivity index (χ0v) is 19.8. The van der Waals surface area contributed by atoms with Crippen LogP contribution in [0.25, 0.3) is 22.0 Å². The van der Waals surface area contributed by atoms with Crippen molar-refractivity contribution in [2.75, 3.05) is 26.1 Å². The molecule has 8 nitrogen and oxygen atoms in total. The minimum absolute atomic E-state index is 0.317.